The van der Waals surface area contributed by atoms with E-state index in [0.717, 1.165) is 21.4 Å². The number of aromatic nitrogens is 3. The van der Waals surface area contributed by atoms with Crippen LogP contribution in [-0.4, -0.2) is 37.8 Å². The minimum absolute atomic E-state index is 0.0244. The number of hydrogen-bond donors (Lipinski definition) is 1. The minimum atomic E-state index is -0.336. The predicted molar refractivity (Wildman–Crippen MR) is 113 cm³/mol. The van der Waals surface area contributed by atoms with E-state index in [9.17, 15) is 9.59 Å². The van der Waals surface area contributed by atoms with Crippen molar-refractivity contribution in [1.29, 1.82) is 0 Å². The Hall–Kier alpha value is -3.24. The number of rotatable bonds is 4. The minimum Gasteiger partial charge on any atom is -0.459 e. The Morgan fingerprint density at radius 1 is 1.17 bits per heavy atom. The Morgan fingerprint density at radius 3 is 2.77 bits per heavy atom. The molecular weight excluding hydrogens is 422 g/mol. The second-order valence-corrected chi connectivity index (χ2v) is 8.86. The number of fused-ring (bicyclic) bond motifs is 1. The summed E-state index contributed by atoms with van der Waals surface area (Å²) in [5.41, 5.74) is 1.66. The lowest BCUT2D eigenvalue weighted by atomic mass is 10.1. The fraction of sp³-hybridized carbons (Fsp3) is 0.200. The van der Waals surface area contributed by atoms with Gasteiger partial charge in [-0.15, -0.1) is 0 Å². The lowest BCUT2D eigenvalue weighted by molar-refractivity contribution is 0.0740. The second kappa shape index (κ2) is 7.54. The molecule has 0 spiro atoms. The van der Waals surface area contributed by atoms with Crippen LogP contribution in [0.25, 0.3) is 5.13 Å². The van der Waals surface area contributed by atoms with Crippen LogP contribution in [0.5, 0.6) is 0 Å². The number of furan rings is 1. The van der Waals surface area contributed by atoms with Gasteiger partial charge in [-0.1, -0.05) is 22.7 Å². The van der Waals surface area contributed by atoms with Crippen LogP contribution >= 0.6 is 22.7 Å². The van der Waals surface area contributed by atoms with Gasteiger partial charge in [-0.25, -0.2) is 9.97 Å². The van der Waals surface area contributed by atoms with Gasteiger partial charge >= 0.3 is 0 Å². The summed E-state index contributed by atoms with van der Waals surface area (Å²) >= 11 is 2.78. The highest BCUT2D eigenvalue weighted by atomic mass is 32.1. The molecule has 0 atom stereocenters. The quantitative estimate of drug-likeness (QED) is 0.523. The molecule has 5 heterocycles. The van der Waals surface area contributed by atoms with Crippen molar-refractivity contribution in [2.45, 2.75) is 19.9 Å². The zero-order valence-corrected chi connectivity index (χ0v) is 17.6. The SMILES string of the molecule is Cc1nc(-n2cccc2)sc1C(=O)N1CCc2nc(NC(=O)c3ccco3)sc2C1. The first-order valence-corrected chi connectivity index (χ1v) is 11.0. The number of carbonyl (C=O) groups is 2. The molecule has 8 nitrogen and oxygen atoms in total. The first-order chi connectivity index (χ1) is 14.6. The molecule has 0 unspecified atom stereocenters. The van der Waals surface area contributed by atoms with Crippen molar-refractivity contribution in [2.75, 3.05) is 11.9 Å². The first-order valence-electron chi connectivity index (χ1n) is 9.32. The monoisotopic (exact) mass is 439 g/mol. The van der Waals surface area contributed by atoms with Crippen LogP contribution < -0.4 is 5.32 Å². The largest absolute Gasteiger partial charge is 0.459 e. The van der Waals surface area contributed by atoms with Crippen LogP contribution in [0.15, 0.2) is 47.3 Å². The maximum Gasteiger partial charge on any atom is 0.293 e. The summed E-state index contributed by atoms with van der Waals surface area (Å²) in [5.74, 6) is -0.125. The first kappa shape index (κ1) is 18.8. The maximum absolute atomic E-state index is 13.1. The second-order valence-electron chi connectivity index (χ2n) is 6.80. The molecule has 0 aromatic carbocycles. The third-order valence-electron chi connectivity index (χ3n) is 4.79. The number of amides is 2. The number of thiazole rings is 2. The Balaban J connectivity index is 1.32. The fourth-order valence-electron chi connectivity index (χ4n) is 3.29. The lowest BCUT2D eigenvalue weighted by Crippen LogP contribution is -2.35. The smallest absolute Gasteiger partial charge is 0.293 e. The highest BCUT2D eigenvalue weighted by molar-refractivity contribution is 7.16. The average Bonchev–Trinajstić information content (AvgIpc) is 3.52. The number of nitrogens with one attached hydrogen (secondary N) is 1. The topological polar surface area (TPSA) is 93.3 Å². The summed E-state index contributed by atoms with van der Waals surface area (Å²) in [6.07, 6.45) is 5.93. The van der Waals surface area contributed by atoms with Crippen LogP contribution in [0.2, 0.25) is 0 Å². The number of hydrogen-bond acceptors (Lipinski definition) is 7. The van der Waals surface area contributed by atoms with E-state index < -0.39 is 0 Å². The number of anilines is 1. The van der Waals surface area contributed by atoms with Crippen LogP contribution in [0, 0.1) is 6.92 Å². The van der Waals surface area contributed by atoms with Crippen LogP contribution in [0.3, 0.4) is 0 Å². The highest BCUT2D eigenvalue weighted by Crippen LogP contribution is 2.31. The van der Waals surface area contributed by atoms with Gasteiger partial charge in [0.25, 0.3) is 11.8 Å². The standard InChI is InChI=1S/C20H17N5O3S2/c1-12-16(30-20(21-12)24-7-2-3-8-24)18(27)25-9-6-13-15(11-25)29-19(22-13)23-17(26)14-5-4-10-28-14/h2-5,7-8,10H,6,9,11H2,1H3,(H,22,23,26). The van der Waals surface area contributed by atoms with Gasteiger partial charge in [0.1, 0.15) is 4.88 Å². The summed E-state index contributed by atoms with van der Waals surface area (Å²) in [4.78, 5) is 37.8. The molecule has 2 amide bonds. The van der Waals surface area contributed by atoms with Crippen molar-refractivity contribution >= 4 is 39.6 Å². The molecule has 30 heavy (non-hydrogen) atoms. The Kier molecular flexibility index (Phi) is 4.72. The summed E-state index contributed by atoms with van der Waals surface area (Å²) in [6, 6.07) is 7.11. The van der Waals surface area contributed by atoms with E-state index >= 15 is 0 Å². The van der Waals surface area contributed by atoms with Crippen LogP contribution in [0.1, 0.15) is 36.5 Å². The summed E-state index contributed by atoms with van der Waals surface area (Å²) in [7, 11) is 0. The number of nitrogens with zero attached hydrogens (tertiary/aromatic N) is 4. The van der Waals surface area contributed by atoms with E-state index in [1.165, 1.54) is 28.9 Å². The molecule has 0 saturated carbocycles. The molecule has 0 radical (unpaired) electrons. The van der Waals surface area contributed by atoms with Crippen LogP contribution in [0.4, 0.5) is 5.13 Å². The number of aryl methyl sites for hydroxylation is 1. The van der Waals surface area contributed by atoms with Crippen molar-refractivity contribution in [2.24, 2.45) is 0 Å². The Morgan fingerprint density at radius 2 is 2.00 bits per heavy atom. The third kappa shape index (κ3) is 3.44. The average molecular weight is 440 g/mol. The van der Waals surface area contributed by atoms with E-state index in [2.05, 4.69) is 15.3 Å². The molecule has 1 aliphatic heterocycles. The zero-order chi connectivity index (χ0) is 20.7. The van der Waals surface area contributed by atoms with Gasteiger partial charge in [0, 0.05) is 30.2 Å². The molecule has 1 N–H and O–H groups in total. The van der Waals surface area contributed by atoms with Gasteiger partial charge in [-0.2, -0.15) is 0 Å². The van der Waals surface area contributed by atoms with Gasteiger partial charge in [0.2, 0.25) is 0 Å². The van der Waals surface area contributed by atoms with E-state index in [1.54, 1.807) is 12.1 Å². The molecule has 0 bridgehead atoms. The molecule has 0 aliphatic carbocycles. The third-order valence-corrected chi connectivity index (χ3v) is 6.95. The van der Waals surface area contributed by atoms with E-state index in [-0.39, 0.29) is 17.6 Å². The molecule has 152 valence electrons. The summed E-state index contributed by atoms with van der Waals surface area (Å²) in [6.45, 7) is 2.91. The van der Waals surface area contributed by atoms with Gasteiger partial charge in [-0.05, 0) is 31.2 Å². The Labute approximate surface area is 179 Å². The van der Waals surface area contributed by atoms with E-state index in [0.29, 0.717) is 29.5 Å². The summed E-state index contributed by atoms with van der Waals surface area (Å²) in [5, 5.41) is 4.06. The molecule has 0 saturated heterocycles. The van der Waals surface area contributed by atoms with Gasteiger partial charge in [0.05, 0.1) is 24.2 Å². The van der Waals surface area contributed by atoms with Gasteiger partial charge < -0.3 is 13.9 Å². The van der Waals surface area contributed by atoms with Crippen LogP contribution in [-0.2, 0) is 13.0 Å². The maximum atomic E-state index is 13.1. The Bertz CT molecular complexity index is 1210. The van der Waals surface area contributed by atoms with Crippen molar-refractivity contribution in [3.05, 3.63) is 69.8 Å². The molecule has 10 heteroatoms. The van der Waals surface area contributed by atoms with Crippen molar-refractivity contribution in [3.8, 4) is 5.13 Å². The summed E-state index contributed by atoms with van der Waals surface area (Å²) < 4.78 is 7.02. The van der Waals surface area contributed by atoms with E-state index in [1.807, 2.05) is 40.9 Å². The highest BCUT2D eigenvalue weighted by Gasteiger charge is 2.28. The van der Waals surface area contributed by atoms with Crippen molar-refractivity contribution < 1.29 is 14.0 Å². The predicted octanol–water partition coefficient (Wildman–Crippen LogP) is 3.74. The molecule has 0 fully saturated rings. The lowest BCUT2D eigenvalue weighted by Gasteiger charge is -2.25. The number of carbonyl (C=O) groups excluding carboxylic acids is 2. The van der Waals surface area contributed by atoms with Crippen molar-refractivity contribution in [3.63, 3.8) is 0 Å². The van der Waals surface area contributed by atoms with Crippen molar-refractivity contribution in [1.82, 2.24) is 19.4 Å². The zero-order valence-electron chi connectivity index (χ0n) is 16.0. The molecule has 4 aromatic rings. The van der Waals surface area contributed by atoms with E-state index in [4.69, 9.17) is 4.42 Å². The van der Waals surface area contributed by atoms with Gasteiger partial charge in [0.15, 0.2) is 16.0 Å². The molecular formula is C20H17N5O3S2. The molecule has 4 aromatic heterocycles. The normalized spacial score (nSPS) is 13.3. The fourth-order valence-corrected chi connectivity index (χ4v) is 5.31. The molecule has 1 aliphatic rings. The van der Waals surface area contributed by atoms with Gasteiger partial charge in [-0.3, -0.25) is 14.9 Å². The molecule has 5 rings (SSSR count).